The molecule has 0 saturated heterocycles. The lowest BCUT2D eigenvalue weighted by Gasteiger charge is -2.22. The van der Waals surface area contributed by atoms with Gasteiger partial charge in [-0.2, -0.15) is 0 Å². The van der Waals surface area contributed by atoms with Crippen LogP contribution in [0.25, 0.3) is 0 Å². The molecule has 1 fully saturated rings. The summed E-state index contributed by atoms with van der Waals surface area (Å²) >= 11 is 0. The summed E-state index contributed by atoms with van der Waals surface area (Å²) < 4.78 is 0. The molecule has 0 radical (unpaired) electrons. The van der Waals surface area contributed by atoms with Crippen molar-refractivity contribution in [3.8, 4) is 0 Å². The summed E-state index contributed by atoms with van der Waals surface area (Å²) in [5.74, 6) is -1.38. The van der Waals surface area contributed by atoms with Crippen LogP contribution in [0.1, 0.15) is 39.5 Å². The van der Waals surface area contributed by atoms with Crippen molar-refractivity contribution in [2.75, 3.05) is 6.54 Å². The molecule has 4 nitrogen and oxygen atoms in total. The number of hydrogen-bond acceptors (Lipinski definition) is 2. The maximum absolute atomic E-state index is 11.8. The third-order valence-corrected chi connectivity index (χ3v) is 3.25. The Bertz CT molecular complexity index is 257. The number of nitrogens with one attached hydrogen (secondary N) is 1. The summed E-state index contributed by atoms with van der Waals surface area (Å²) in [6, 6.07) is 0. The second-order valence-electron chi connectivity index (χ2n) is 4.72. The van der Waals surface area contributed by atoms with E-state index in [2.05, 4.69) is 5.32 Å². The van der Waals surface area contributed by atoms with E-state index in [1.54, 1.807) is 6.92 Å². The van der Waals surface area contributed by atoms with E-state index in [4.69, 9.17) is 5.11 Å². The minimum atomic E-state index is -0.869. The Hall–Kier alpha value is -1.06. The van der Waals surface area contributed by atoms with Crippen molar-refractivity contribution < 1.29 is 14.7 Å². The van der Waals surface area contributed by atoms with Crippen molar-refractivity contribution in [2.45, 2.75) is 39.5 Å². The Morgan fingerprint density at radius 3 is 2.40 bits per heavy atom. The van der Waals surface area contributed by atoms with Crippen molar-refractivity contribution in [2.24, 2.45) is 11.3 Å². The van der Waals surface area contributed by atoms with Crippen LogP contribution < -0.4 is 5.32 Å². The first-order valence-corrected chi connectivity index (χ1v) is 5.47. The van der Waals surface area contributed by atoms with E-state index in [0.717, 1.165) is 25.7 Å². The highest BCUT2D eigenvalue weighted by Gasteiger charge is 2.36. The summed E-state index contributed by atoms with van der Waals surface area (Å²) in [5, 5.41) is 11.4. The minimum absolute atomic E-state index is 0.00750. The van der Waals surface area contributed by atoms with Crippen LogP contribution in [0.4, 0.5) is 0 Å². The van der Waals surface area contributed by atoms with Gasteiger partial charge in [-0.05, 0) is 12.8 Å². The number of amides is 1. The molecule has 15 heavy (non-hydrogen) atoms. The van der Waals surface area contributed by atoms with Gasteiger partial charge in [-0.25, -0.2) is 0 Å². The first kappa shape index (κ1) is 12.0. The van der Waals surface area contributed by atoms with Crippen LogP contribution in [0.5, 0.6) is 0 Å². The van der Waals surface area contributed by atoms with Gasteiger partial charge in [0, 0.05) is 12.0 Å². The third-order valence-electron chi connectivity index (χ3n) is 3.25. The number of rotatable bonds is 4. The van der Waals surface area contributed by atoms with Crippen molar-refractivity contribution in [1.29, 1.82) is 0 Å². The molecule has 0 bridgehead atoms. The van der Waals surface area contributed by atoms with Crippen LogP contribution in [-0.4, -0.2) is 23.5 Å². The summed E-state index contributed by atoms with van der Waals surface area (Å²) in [4.78, 5) is 22.4. The van der Waals surface area contributed by atoms with Crippen molar-refractivity contribution >= 4 is 11.9 Å². The molecule has 0 aliphatic heterocycles. The number of carbonyl (C=O) groups excluding carboxylic acids is 1. The number of carboxylic acid groups (broad SMARTS) is 1. The second-order valence-corrected chi connectivity index (χ2v) is 4.72. The smallest absolute Gasteiger partial charge is 0.308 e. The zero-order chi connectivity index (χ0) is 11.5. The number of carbonyl (C=O) groups is 2. The Morgan fingerprint density at radius 2 is 1.93 bits per heavy atom. The first-order chi connectivity index (χ1) is 6.96. The van der Waals surface area contributed by atoms with E-state index in [0.29, 0.717) is 0 Å². The van der Waals surface area contributed by atoms with Crippen LogP contribution in [0.2, 0.25) is 0 Å². The van der Waals surface area contributed by atoms with Gasteiger partial charge in [0.1, 0.15) is 0 Å². The van der Waals surface area contributed by atoms with Gasteiger partial charge in [0.15, 0.2) is 0 Å². The van der Waals surface area contributed by atoms with E-state index in [1.807, 2.05) is 6.92 Å². The summed E-state index contributed by atoms with van der Waals surface area (Å²) in [7, 11) is 0. The molecule has 1 aliphatic carbocycles. The van der Waals surface area contributed by atoms with E-state index in [-0.39, 0.29) is 17.9 Å². The fourth-order valence-corrected chi connectivity index (χ4v) is 1.93. The first-order valence-electron chi connectivity index (χ1n) is 5.47. The fourth-order valence-electron chi connectivity index (χ4n) is 1.93. The van der Waals surface area contributed by atoms with E-state index in [9.17, 15) is 9.59 Å². The van der Waals surface area contributed by atoms with Gasteiger partial charge < -0.3 is 10.4 Å². The minimum Gasteiger partial charge on any atom is -0.481 e. The van der Waals surface area contributed by atoms with Gasteiger partial charge in [0.25, 0.3) is 0 Å². The highest BCUT2D eigenvalue weighted by Crippen LogP contribution is 2.37. The normalized spacial score (nSPS) is 20.9. The maximum atomic E-state index is 11.8. The van der Waals surface area contributed by atoms with Crippen LogP contribution >= 0.6 is 0 Å². The van der Waals surface area contributed by atoms with Gasteiger partial charge in [-0.1, -0.05) is 26.7 Å². The lowest BCUT2D eigenvalue weighted by atomic mass is 9.88. The predicted molar refractivity (Wildman–Crippen MR) is 56.4 cm³/mol. The molecule has 1 atom stereocenters. The van der Waals surface area contributed by atoms with E-state index >= 15 is 0 Å². The van der Waals surface area contributed by atoms with E-state index in [1.165, 1.54) is 0 Å². The molecule has 86 valence electrons. The summed E-state index contributed by atoms with van der Waals surface area (Å²) in [6.45, 7) is 3.78. The van der Waals surface area contributed by atoms with Crippen molar-refractivity contribution in [1.82, 2.24) is 5.32 Å². The van der Waals surface area contributed by atoms with Crippen LogP contribution in [0.15, 0.2) is 0 Å². The molecule has 0 aromatic carbocycles. The molecule has 1 unspecified atom stereocenters. The molecule has 1 rings (SSSR count). The molecule has 1 aliphatic rings. The number of aliphatic carboxylic acids is 1. The lowest BCUT2D eigenvalue weighted by Crippen LogP contribution is -2.40. The quantitative estimate of drug-likeness (QED) is 0.742. The van der Waals surface area contributed by atoms with Crippen LogP contribution in [0.3, 0.4) is 0 Å². The average molecular weight is 213 g/mol. The van der Waals surface area contributed by atoms with Crippen molar-refractivity contribution in [3.63, 3.8) is 0 Å². The number of carboxylic acids is 1. The Balaban J connectivity index is 2.39. The molecule has 0 heterocycles. The van der Waals surface area contributed by atoms with Crippen molar-refractivity contribution in [3.05, 3.63) is 0 Å². The van der Waals surface area contributed by atoms with Crippen LogP contribution in [0, 0.1) is 11.3 Å². The topological polar surface area (TPSA) is 66.4 Å². The average Bonchev–Trinajstić information content (AvgIpc) is 2.62. The Labute approximate surface area is 90.0 Å². The van der Waals surface area contributed by atoms with Crippen LogP contribution in [-0.2, 0) is 9.59 Å². The SMILES string of the molecule is CC(CNC(=O)C1(C)CCCC1)C(=O)O. The monoisotopic (exact) mass is 213 g/mol. The molecule has 2 N–H and O–H groups in total. The number of hydrogen-bond donors (Lipinski definition) is 2. The van der Waals surface area contributed by atoms with E-state index < -0.39 is 11.9 Å². The zero-order valence-electron chi connectivity index (χ0n) is 9.38. The standard InChI is InChI=1S/C11H19NO3/c1-8(9(13)14)7-12-10(15)11(2)5-3-4-6-11/h8H,3-7H2,1-2H3,(H,12,15)(H,13,14). The fraction of sp³-hybridized carbons (Fsp3) is 0.818. The summed E-state index contributed by atoms with van der Waals surface area (Å²) in [5.41, 5.74) is -0.266. The van der Waals surface area contributed by atoms with Gasteiger partial charge in [0.2, 0.25) is 5.91 Å². The molecule has 0 aromatic heterocycles. The van der Waals surface area contributed by atoms with Gasteiger partial charge in [0.05, 0.1) is 5.92 Å². The molecule has 1 amide bonds. The maximum Gasteiger partial charge on any atom is 0.308 e. The Kier molecular flexibility index (Phi) is 3.72. The van der Waals surface area contributed by atoms with Gasteiger partial charge >= 0.3 is 5.97 Å². The zero-order valence-corrected chi connectivity index (χ0v) is 9.38. The third kappa shape index (κ3) is 2.94. The van der Waals surface area contributed by atoms with Gasteiger partial charge in [-0.3, -0.25) is 9.59 Å². The molecule has 4 heteroatoms. The highest BCUT2D eigenvalue weighted by molar-refractivity contribution is 5.83. The largest absolute Gasteiger partial charge is 0.481 e. The molecule has 0 spiro atoms. The van der Waals surface area contributed by atoms with Gasteiger partial charge in [-0.15, -0.1) is 0 Å². The summed E-state index contributed by atoms with van der Waals surface area (Å²) in [6.07, 6.45) is 4.03. The lowest BCUT2D eigenvalue weighted by molar-refractivity contribution is -0.141. The predicted octanol–water partition coefficient (Wildman–Crippen LogP) is 1.40. The molecular formula is C11H19NO3. The highest BCUT2D eigenvalue weighted by atomic mass is 16.4. The molecule has 1 saturated carbocycles. The second kappa shape index (κ2) is 4.64. The molecule has 0 aromatic rings. The molecular weight excluding hydrogens is 194 g/mol. The Morgan fingerprint density at radius 1 is 1.40 bits per heavy atom.